The quantitative estimate of drug-likeness (QED) is 0.891. The van der Waals surface area contributed by atoms with Crippen molar-refractivity contribution in [3.63, 3.8) is 0 Å². The maximum atomic E-state index is 10.3. The molecule has 2 unspecified atom stereocenters. The third kappa shape index (κ3) is 3.10. The molecule has 0 saturated carbocycles. The summed E-state index contributed by atoms with van der Waals surface area (Å²) in [6.07, 6.45) is -0.650. The van der Waals surface area contributed by atoms with E-state index in [1.54, 1.807) is 0 Å². The first kappa shape index (κ1) is 13.5. The van der Waals surface area contributed by atoms with Crippen molar-refractivity contribution < 1.29 is 9.84 Å². The maximum absolute atomic E-state index is 10.3. The minimum Gasteiger partial charge on any atom is -0.386 e. The summed E-state index contributed by atoms with van der Waals surface area (Å²) < 4.78 is 5.65. The van der Waals surface area contributed by atoms with Gasteiger partial charge in [0.25, 0.3) is 0 Å². The molecule has 0 bridgehead atoms. The van der Waals surface area contributed by atoms with Crippen LogP contribution in [0, 0.1) is 0 Å². The largest absolute Gasteiger partial charge is 0.386 e. The lowest BCUT2D eigenvalue weighted by atomic mass is 9.98. The summed E-state index contributed by atoms with van der Waals surface area (Å²) in [5.41, 5.74) is 2.24. The van der Waals surface area contributed by atoms with Crippen LogP contribution in [0.4, 0.5) is 0 Å². The van der Waals surface area contributed by atoms with Crippen LogP contribution < -0.4 is 0 Å². The molecule has 2 atom stereocenters. The lowest BCUT2D eigenvalue weighted by Gasteiger charge is -2.33. The molecule has 0 amide bonds. The number of hydrogen-bond donors (Lipinski definition) is 1. The highest BCUT2D eigenvalue weighted by atomic mass is 16.5. The van der Waals surface area contributed by atoms with Crippen LogP contribution in [0.1, 0.15) is 37.0 Å². The van der Waals surface area contributed by atoms with Gasteiger partial charge in [0.05, 0.1) is 6.61 Å². The molecule has 100 valence electrons. The van der Waals surface area contributed by atoms with E-state index in [9.17, 15) is 5.11 Å². The second-order valence-corrected chi connectivity index (χ2v) is 5.44. The zero-order chi connectivity index (χ0) is 13.1. The molecule has 0 spiro atoms. The van der Waals surface area contributed by atoms with Crippen molar-refractivity contribution in [2.24, 2.45) is 0 Å². The van der Waals surface area contributed by atoms with Crippen molar-refractivity contribution in [2.45, 2.75) is 32.0 Å². The monoisotopic (exact) mass is 249 g/mol. The van der Waals surface area contributed by atoms with Crippen molar-refractivity contribution in [2.75, 3.05) is 26.7 Å². The van der Waals surface area contributed by atoms with Crippen molar-refractivity contribution in [1.29, 1.82) is 0 Å². The summed E-state index contributed by atoms with van der Waals surface area (Å²) in [4.78, 5) is 2.19. The molecular formula is C15H23NO2. The maximum Gasteiger partial charge on any atom is 0.106 e. The molecule has 1 aliphatic heterocycles. The molecule has 0 aromatic heterocycles. The molecule has 1 aromatic carbocycles. The van der Waals surface area contributed by atoms with Gasteiger partial charge in [-0.2, -0.15) is 0 Å². The molecule has 1 saturated heterocycles. The highest BCUT2D eigenvalue weighted by Gasteiger charge is 2.26. The Balaban J connectivity index is 2.05. The van der Waals surface area contributed by atoms with E-state index in [1.165, 1.54) is 5.56 Å². The number of likely N-dealkylation sites (N-methyl/N-ethyl adjacent to an activating group) is 1. The fourth-order valence-electron chi connectivity index (χ4n) is 2.29. The lowest BCUT2D eigenvalue weighted by Crippen LogP contribution is -2.42. The Morgan fingerprint density at radius 1 is 1.22 bits per heavy atom. The second-order valence-electron chi connectivity index (χ2n) is 5.44. The summed E-state index contributed by atoms with van der Waals surface area (Å²) in [5.74, 6) is 0.522. The zero-order valence-electron chi connectivity index (χ0n) is 11.5. The van der Waals surface area contributed by atoms with Gasteiger partial charge in [0.15, 0.2) is 0 Å². The highest BCUT2D eigenvalue weighted by Crippen LogP contribution is 2.24. The number of aliphatic hydroxyl groups excluding tert-OH is 1. The Morgan fingerprint density at radius 3 is 2.39 bits per heavy atom. The minimum atomic E-state index is -0.533. The predicted molar refractivity (Wildman–Crippen MR) is 72.7 cm³/mol. The predicted octanol–water partition coefficient (Wildman–Crippen LogP) is 2.17. The fourth-order valence-corrected chi connectivity index (χ4v) is 2.29. The number of morpholine rings is 1. The van der Waals surface area contributed by atoms with E-state index in [1.807, 2.05) is 12.1 Å². The van der Waals surface area contributed by atoms with Gasteiger partial charge in [0, 0.05) is 13.1 Å². The summed E-state index contributed by atoms with van der Waals surface area (Å²) in [5, 5.41) is 10.3. The molecule has 3 heteroatoms. The third-order valence-electron chi connectivity index (χ3n) is 3.59. The van der Waals surface area contributed by atoms with Crippen LogP contribution in [0.25, 0.3) is 0 Å². The first-order valence-corrected chi connectivity index (χ1v) is 6.66. The molecule has 0 aliphatic carbocycles. The van der Waals surface area contributed by atoms with Crippen LogP contribution in [0.5, 0.6) is 0 Å². The minimum absolute atomic E-state index is 0.117. The Kier molecular flexibility index (Phi) is 4.38. The van der Waals surface area contributed by atoms with Gasteiger partial charge in [-0.25, -0.2) is 0 Å². The Labute approximate surface area is 109 Å². The molecular weight excluding hydrogens is 226 g/mol. The Morgan fingerprint density at radius 2 is 1.83 bits per heavy atom. The number of rotatable bonds is 3. The topological polar surface area (TPSA) is 32.7 Å². The van der Waals surface area contributed by atoms with Crippen molar-refractivity contribution in [3.8, 4) is 0 Å². The van der Waals surface area contributed by atoms with Gasteiger partial charge in [-0.3, -0.25) is 0 Å². The molecule has 1 fully saturated rings. The number of aliphatic hydroxyl groups is 1. The first-order valence-electron chi connectivity index (χ1n) is 6.66. The average molecular weight is 249 g/mol. The molecule has 1 heterocycles. The highest BCUT2D eigenvalue weighted by molar-refractivity contribution is 5.26. The fraction of sp³-hybridized carbons (Fsp3) is 0.600. The van der Waals surface area contributed by atoms with Gasteiger partial charge in [0.1, 0.15) is 12.2 Å². The van der Waals surface area contributed by atoms with Crippen LogP contribution in [0.3, 0.4) is 0 Å². The second kappa shape index (κ2) is 5.83. The van der Waals surface area contributed by atoms with Crippen molar-refractivity contribution in [1.82, 2.24) is 4.90 Å². The van der Waals surface area contributed by atoms with E-state index in [0.29, 0.717) is 12.5 Å². The van der Waals surface area contributed by atoms with Gasteiger partial charge in [0.2, 0.25) is 0 Å². The van der Waals surface area contributed by atoms with Gasteiger partial charge in [-0.1, -0.05) is 38.1 Å². The average Bonchev–Trinajstić information content (AvgIpc) is 2.38. The molecule has 2 rings (SSSR count). The third-order valence-corrected chi connectivity index (χ3v) is 3.59. The SMILES string of the molecule is CC(C)c1ccc(C(O)C2CN(C)CCO2)cc1. The zero-order valence-corrected chi connectivity index (χ0v) is 11.5. The van der Waals surface area contributed by atoms with Gasteiger partial charge in [-0.15, -0.1) is 0 Å². The molecule has 1 aliphatic rings. The standard InChI is InChI=1S/C15H23NO2/c1-11(2)12-4-6-13(7-5-12)15(17)14-10-16(3)8-9-18-14/h4-7,11,14-15,17H,8-10H2,1-3H3. The van der Waals surface area contributed by atoms with Gasteiger partial charge < -0.3 is 14.7 Å². The lowest BCUT2D eigenvalue weighted by molar-refractivity contribution is -0.0844. The van der Waals surface area contributed by atoms with Crippen LogP contribution in [-0.2, 0) is 4.74 Å². The molecule has 3 nitrogen and oxygen atoms in total. The molecule has 0 radical (unpaired) electrons. The van der Waals surface area contributed by atoms with E-state index in [0.717, 1.165) is 18.7 Å². The Hall–Kier alpha value is -0.900. The summed E-state index contributed by atoms with van der Waals surface area (Å²) in [6.45, 7) is 6.76. The molecule has 1 N–H and O–H groups in total. The first-order chi connectivity index (χ1) is 8.58. The van der Waals surface area contributed by atoms with E-state index in [4.69, 9.17) is 4.74 Å². The van der Waals surface area contributed by atoms with E-state index >= 15 is 0 Å². The van der Waals surface area contributed by atoms with Crippen LogP contribution >= 0.6 is 0 Å². The van der Waals surface area contributed by atoms with Crippen LogP contribution in [-0.4, -0.2) is 42.9 Å². The van der Waals surface area contributed by atoms with Gasteiger partial charge >= 0.3 is 0 Å². The number of hydrogen-bond acceptors (Lipinski definition) is 3. The molecule has 1 aromatic rings. The van der Waals surface area contributed by atoms with Crippen LogP contribution in [0.15, 0.2) is 24.3 Å². The number of ether oxygens (including phenoxy) is 1. The van der Waals surface area contributed by atoms with Crippen molar-refractivity contribution in [3.05, 3.63) is 35.4 Å². The number of nitrogens with zero attached hydrogens (tertiary/aromatic N) is 1. The van der Waals surface area contributed by atoms with E-state index in [2.05, 4.69) is 37.9 Å². The normalized spacial score (nSPS) is 23.3. The van der Waals surface area contributed by atoms with E-state index in [-0.39, 0.29) is 6.10 Å². The smallest absolute Gasteiger partial charge is 0.106 e. The van der Waals surface area contributed by atoms with Crippen molar-refractivity contribution >= 4 is 0 Å². The summed E-state index contributed by atoms with van der Waals surface area (Å²) in [6, 6.07) is 8.21. The summed E-state index contributed by atoms with van der Waals surface area (Å²) in [7, 11) is 2.06. The number of benzene rings is 1. The van der Waals surface area contributed by atoms with Gasteiger partial charge in [-0.05, 0) is 24.1 Å². The Bertz CT molecular complexity index is 375. The molecule has 18 heavy (non-hydrogen) atoms. The van der Waals surface area contributed by atoms with Crippen LogP contribution in [0.2, 0.25) is 0 Å². The summed E-state index contributed by atoms with van der Waals surface area (Å²) >= 11 is 0. The van der Waals surface area contributed by atoms with E-state index < -0.39 is 6.10 Å².